The molecule has 5 heteroatoms. The third-order valence-corrected chi connectivity index (χ3v) is 2.34. The number of hydrogen-bond acceptors (Lipinski definition) is 3. The molecule has 1 aromatic rings. The minimum atomic E-state index is -0.563. The van der Waals surface area contributed by atoms with Crippen LogP contribution in [0.1, 0.15) is 5.56 Å². The maximum absolute atomic E-state index is 11.6. The summed E-state index contributed by atoms with van der Waals surface area (Å²) >= 11 is 5.80. The van der Waals surface area contributed by atoms with E-state index in [1.165, 1.54) is 0 Å². The SMILES string of the molecule is Cc1ccc(Cl)cc1NC(=O)C(C#N)=CCO. The molecule has 88 valence electrons. The third kappa shape index (κ3) is 3.59. The lowest BCUT2D eigenvalue weighted by Crippen LogP contribution is -2.14. The lowest BCUT2D eigenvalue weighted by molar-refractivity contribution is -0.112. The van der Waals surface area contributed by atoms with Gasteiger partial charge in [-0.15, -0.1) is 0 Å². The van der Waals surface area contributed by atoms with Crippen molar-refractivity contribution in [2.75, 3.05) is 11.9 Å². The van der Waals surface area contributed by atoms with Gasteiger partial charge in [-0.1, -0.05) is 17.7 Å². The number of aliphatic hydroxyl groups excluding tert-OH is 1. The van der Waals surface area contributed by atoms with Crippen molar-refractivity contribution in [2.24, 2.45) is 0 Å². The maximum atomic E-state index is 11.6. The first-order valence-corrected chi connectivity index (χ1v) is 5.25. The molecule has 2 N–H and O–H groups in total. The van der Waals surface area contributed by atoms with Crippen LogP contribution in [0.4, 0.5) is 5.69 Å². The Kier molecular flexibility index (Phi) is 4.70. The molecule has 0 saturated carbocycles. The number of anilines is 1. The van der Waals surface area contributed by atoms with Gasteiger partial charge in [-0.3, -0.25) is 4.79 Å². The number of hydrogen-bond donors (Lipinski definition) is 2. The van der Waals surface area contributed by atoms with Crippen LogP contribution in [-0.4, -0.2) is 17.6 Å². The van der Waals surface area contributed by atoms with Crippen LogP contribution in [0.3, 0.4) is 0 Å². The summed E-state index contributed by atoms with van der Waals surface area (Å²) in [4.78, 5) is 11.6. The van der Waals surface area contributed by atoms with E-state index < -0.39 is 5.91 Å². The van der Waals surface area contributed by atoms with Crippen LogP contribution >= 0.6 is 11.6 Å². The second kappa shape index (κ2) is 6.04. The van der Waals surface area contributed by atoms with Crippen LogP contribution in [0, 0.1) is 18.3 Å². The average molecular weight is 251 g/mol. The van der Waals surface area contributed by atoms with Crippen molar-refractivity contribution in [3.63, 3.8) is 0 Å². The van der Waals surface area contributed by atoms with E-state index in [0.29, 0.717) is 10.7 Å². The Bertz CT molecular complexity index is 504. The van der Waals surface area contributed by atoms with Gasteiger partial charge in [0.1, 0.15) is 11.6 Å². The van der Waals surface area contributed by atoms with Crippen molar-refractivity contribution >= 4 is 23.2 Å². The van der Waals surface area contributed by atoms with E-state index in [0.717, 1.165) is 11.6 Å². The first-order chi connectivity index (χ1) is 8.08. The van der Waals surface area contributed by atoms with Crippen molar-refractivity contribution in [1.29, 1.82) is 5.26 Å². The van der Waals surface area contributed by atoms with Gasteiger partial charge in [-0.25, -0.2) is 0 Å². The highest BCUT2D eigenvalue weighted by atomic mass is 35.5. The molecule has 0 fully saturated rings. The van der Waals surface area contributed by atoms with Gasteiger partial charge in [0.25, 0.3) is 5.91 Å². The number of nitriles is 1. The number of carbonyl (C=O) groups excluding carboxylic acids is 1. The van der Waals surface area contributed by atoms with Crippen LogP contribution < -0.4 is 5.32 Å². The van der Waals surface area contributed by atoms with E-state index in [2.05, 4.69) is 5.32 Å². The van der Waals surface area contributed by atoms with Gasteiger partial charge in [-0.05, 0) is 30.7 Å². The van der Waals surface area contributed by atoms with Crippen molar-refractivity contribution in [2.45, 2.75) is 6.92 Å². The largest absolute Gasteiger partial charge is 0.392 e. The number of nitrogens with one attached hydrogen (secondary N) is 1. The summed E-state index contributed by atoms with van der Waals surface area (Å²) in [5.41, 5.74) is 1.25. The highest BCUT2D eigenvalue weighted by Gasteiger charge is 2.10. The van der Waals surface area contributed by atoms with E-state index in [1.54, 1.807) is 24.3 Å². The molecule has 0 radical (unpaired) electrons. The molecule has 0 unspecified atom stereocenters. The minimum Gasteiger partial charge on any atom is -0.392 e. The van der Waals surface area contributed by atoms with E-state index >= 15 is 0 Å². The van der Waals surface area contributed by atoms with Crippen molar-refractivity contribution in [3.05, 3.63) is 40.4 Å². The summed E-state index contributed by atoms with van der Waals surface area (Å²) in [6, 6.07) is 6.79. The molecule has 0 atom stereocenters. The zero-order chi connectivity index (χ0) is 12.8. The van der Waals surface area contributed by atoms with Gasteiger partial charge in [0.05, 0.1) is 6.61 Å². The van der Waals surface area contributed by atoms with Crippen LogP contribution in [0.25, 0.3) is 0 Å². The second-order valence-corrected chi connectivity index (χ2v) is 3.76. The van der Waals surface area contributed by atoms with Crippen LogP contribution in [-0.2, 0) is 4.79 Å². The number of benzene rings is 1. The Labute approximate surface area is 104 Å². The first-order valence-electron chi connectivity index (χ1n) is 4.87. The number of amides is 1. The molecule has 1 amide bonds. The van der Waals surface area contributed by atoms with E-state index in [-0.39, 0.29) is 12.2 Å². The number of halogens is 1. The molecule has 1 rings (SSSR count). The molecular formula is C12H11ClN2O2. The molecule has 0 heterocycles. The van der Waals surface area contributed by atoms with E-state index in [1.807, 2.05) is 6.92 Å². The molecule has 0 spiro atoms. The topological polar surface area (TPSA) is 73.1 Å². The van der Waals surface area contributed by atoms with Gasteiger partial charge in [0.15, 0.2) is 0 Å². The fourth-order valence-corrected chi connectivity index (χ4v) is 1.37. The normalized spacial score (nSPS) is 10.8. The molecule has 4 nitrogen and oxygen atoms in total. The standard InChI is InChI=1S/C12H11ClN2O2/c1-8-2-3-10(13)6-11(8)15-12(17)9(7-14)4-5-16/h2-4,6,16H,5H2,1H3,(H,15,17). The van der Waals surface area contributed by atoms with Gasteiger partial charge in [0, 0.05) is 10.7 Å². The Morgan fingerprint density at radius 3 is 2.94 bits per heavy atom. The zero-order valence-electron chi connectivity index (χ0n) is 9.20. The molecule has 0 aliphatic carbocycles. The van der Waals surface area contributed by atoms with Gasteiger partial charge < -0.3 is 10.4 Å². The zero-order valence-corrected chi connectivity index (χ0v) is 9.95. The predicted molar refractivity (Wildman–Crippen MR) is 65.6 cm³/mol. The summed E-state index contributed by atoms with van der Waals surface area (Å²) < 4.78 is 0. The molecule has 0 saturated heterocycles. The van der Waals surface area contributed by atoms with Crippen LogP contribution in [0.15, 0.2) is 29.8 Å². The molecule has 17 heavy (non-hydrogen) atoms. The van der Waals surface area contributed by atoms with E-state index in [9.17, 15) is 4.79 Å². The lowest BCUT2D eigenvalue weighted by Gasteiger charge is -2.07. The molecular weight excluding hydrogens is 240 g/mol. The lowest BCUT2D eigenvalue weighted by atomic mass is 10.2. The fraction of sp³-hybridized carbons (Fsp3) is 0.167. The minimum absolute atomic E-state index is 0.133. The van der Waals surface area contributed by atoms with Crippen LogP contribution in [0.2, 0.25) is 5.02 Å². The summed E-state index contributed by atoms with van der Waals surface area (Å²) in [5, 5.41) is 20.4. The van der Waals surface area contributed by atoms with Gasteiger partial charge >= 0.3 is 0 Å². The molecule has 0 aliphatic heterocycles. The fourth-order valence-electron chi connectivity index (χ4n) is 1.20. The highest BCUT2D eigenvalue weighted by molar-refractivity contribution is 6.31. The molecule has 1 aromatic carbocycles. The van der Waals surface area contributed by atoms with Crippen molar-refractivity contribution < 1.29 is 9.90 Å². The summed E-state index contributed by atoms with van der Waals surface area (Å²) in [5.74, 6) is -0.563. The quantitative estimate of drug-likeness (QED) is 0.637. The van der Waals surface area contributed by atoms with Crippen molar-refractivity contribution in [1.82, 2.24) is 0 Å². The Morgan fingerprint density at radius 1 is 1.65 bits per heavy atom. The number of carbonyl (C=O) groups is 1. The Balaban J connectivity index is 2.92. The average Bonchev–Trinajstić information content (AvgIpc) is 2.30. The first kappa shape index (κ1) is 13.2. The van der Waals surface area contributed by atoms with Gasteiger partial charge in [-0.2, -0.15) is 5.26 Å². The number of rotatable bonds is 3. The summed E-state index contributed by atoms with van der Waals surface area (Å²) in [6.07, 6.45) is 1.15. The predicted octanol–water partition coefficient (Wildman–Crippen LogP) is 2.03. The molecule has 0 aromatic heterocycles. The molecule has 0 bridgehead atoms. The number of aliphatic hydroxyl groups is 1. The maximum Gasteiger partial charge on any atom is 0.266 e. The third-order valence-electron chi connectivity index (χ3n) is 2.11. The second-order valence-electron chi connectivity index (χ2n) is 3.33. The van der Waals surface area contributed by atoms with Gasteiger partial charge in [0.2, 0.25) is 0 Å². The van der Waals surface area contributed by atoms with Crippen LogP contribution in [0.5, 0.6) is 0 Å². The Morgan fingerprint density at radius 2 is 2.35 bits per heavy atom. The Hall–Kier alpha value is -1.83. The molecule has 0 aliphatic rings. The summed E-state index contributed by atoms with van der Waals surface area (Å²) in [7, 11) is 0. The van der Waals surface area contributed by atoms with E-state index in [4.69, 9.17) is 22.0 Å². The van der Waals surface area contributed by atoms with Crippen molar-refractivity contribution in [3.8, 4) is 6.07 Å². The number of aryl methyl sites for hydroxylation is 1. The smallest absolute Gasteiger partial charge is 0.266 e. The number of nitrogens with zero attached hydrogens (tertiary/aromatic N) is 1. The summed E-state index contributed by atoms with van der Waals surface area (Å²) in [6.45, 7) is 1.46. The highest BCUT2D eigenvalue weighted by Crippen LogP contribution is 2.20. The monoisotopic (exact) mass is 250 g/mol.